The quantitative estimate of drug-likeness (QED) is 0.525. The van der Waals surface area contributed by atoms with Crippen LogP contribution in [0.5, 0.6) is 0 Å². The van der Waals surface area contributed by atoms with Crippen LogP contribution in [0.2, 0.25) is 0 Å². The Balaban J connectivity index is 2.03. The lowest BCUT2D eigenvalue weighted by atomic mass is 9.98. The molecule has 2 unspecified atom stereocenters. The summed E-state index contributed by atoms with van der Waals surface area (Å²) in [6.07, 6.45) is 4.14. The maximum absolute atomic E-state index is 3.55. The van der Waals surface area contributed by atoms with Gasteiger partial charge in [0.25, 0.3) is 0 Å². The molecule has 10 heavy (non-hydrogen) atoms. The lowest BCUT2D eigenvalue weighted by molar-refractivity contribution is 0.173. The molecule has 2 heteroatoms. The minimum absolute atomic E-state index is 0.818. The third kappa shape index (κ3) is 0.956. The first-order chi connectivity index (χ1) is 4.88. The molecule has 2 rings (SSSR count). The Labute approximate surface area is 62.6 Å². The summed E-state index contributed by atoms with van der Waals surface area (Å²) in [4.78, 5) is 2.51. The zero-order valence-electron chi connectivity index (χ0n) is 6.64. The molecule has 2 heterocycles. The average molecular weight is 140 g/mol. The van der Waals surface area contributed by atoms with Gasteiger partial charge < -0.3 is 10.2 Å². The van der Waals surface area contributed by atoms with Crippen molar-refractivity contribution in [1.29, 1.82) is 0 Å². The largest absolute Gasteiger partial charge is 0.312 e. The van der Waals surface area contributed by atoms with Crippen LogP contribution in [0.4, 0.5) is 0 Å². The Bertz CT molecular complexity index is 124. The molecule has 2 aliphatic rings. The standard InChI is InChI=1S/C8H16N2/c1-10-6-2-3-7-8(10)4-5-9-7/h7-9H,2-6H2,1H3. The third-order valence-corrected chi connectivity index (χ3v) is 2.90. The Hall–Kier alpha value is -0.0800. The van der Waals surface area contributed by atoms with E-state index < -0.39 is 0 Å². The van der Waals surface area contributed by atoms with E-state index >= 15 is 0 Å². The SMILES string of the molecule is CN1CCCC2NCCC21. The highest BCUT2D eigenvalue weighted by Gasteiger charge is 2.32. The number of nitrogens with one attached hydrogen (secondary N) is 1. The molecule has 58 valence electrons. The molecule has 1 N–H and O–H groups in total. The van der Waals surface area contributed by atoms with Crippen molar-refractivity contribution in [1.82, 2.24) is 10.2 Å². The van der Waals surface area contributed by atoms with Crippen LogP contribution < -0.4 is 5.32 Å². The zero-order valence-corrected chi connectivity index (χ0v) is 6.64. The van der Waals surface area contributed by atoms with Gasteiger partial charge in [-0.1, -0.05) is 0 Å². The molecule has 0 radical (unpaired) electrons. The normalized spacial score (nSPS) is 41.7. The van der Waals surface area contributed by atoms with Crippen LogP contribution in [0.1, 0.15) is 19.3 Å². The second-order valence-electron chi connectivity index (χ2n) is 3.54. The van der Waals surface area contributed by atoms with E-state index in [1.807, 2.05) is 0 Å². The van der Waals surface area contributed by atoms with E-state index in [-0.39, 0.29) is 0 Å². The van der Waals surface area contributed by atoms with E-state index in [1.165, 1.54) is 32.4 Å². The van der Waals surface area contributed by atoms with Crippen molar-refractivity contribution in [2.75, 3.05) is 20.1 Å². The third-order valence-electron chi connectivity index (χ3n) is 2.90. The minimum Gasteiger partial charge on any atom is -0.312 e. The fourth-order valence-corrected chi connectivity index (χ4v) is 2.30. The van der Waals surface area contributed by atoms with Crippen molar-refractivity contribution < 1.29 is 0 Å². The maximum Gasteiger partial charge on any atom is 0.0258 e. The van der Waals surface area contributed by atoms with E-state index in [4.69, 9.17) is 0 Å². The number of hydrogen-bond acceptors (Lipinski definition) is 2. The molecule has 2 aliphatic heterocycles. The monoisotopic (exact) mass is 140 g/mol. The van der Waals surface area contributed by atoms with E-state index in [1.54, 1.807) is 0 Å². The molecule has 0 bridgehead atoms. The van der Waals surface area contributed by atoms with Gasteiger partial charge in [-0.15, -0.1) is 0 Å². The van der Waals surface area contributed by atoms with Crippen LogP contribution >= 0.6 is 0 Å². The summed E-state index contributed by atoms with van der Waals surface area (Å²) in [5, 5.41) is 3.55. The van der Waals surface area contributed by atoms with Gasteiger partial charge in [0.1, 0.15) is 0 Å². The van der Waals surface area contributed by atoms with Crippen molar-refractivity contribution in [2.24, 2.45) is 0 Å². The molecule has 2 nitrogen and oxygen atoms in total. The van der Waals surface area contributed by atoms with E-state index in [0.717, 1.165) is 12.1 Å². The fourth-order valence-electron chi connectivity index (χ4n) is 2.30. The van der Waals surface area contributed by atoms with Crippen LogP contribution in [0, 0.1) is 0 Å². The second-order valence-corrected chi connectivity index (χ2v) is 3.54. The average Bonchev–Trinajstić information content (AvgIpc) is 2.36. The van der Waals surface area contributed by atoms with Crippen LogP contribution in [0.3, 0.4) is 0 Å². The van der Waals surface area contributed by atoms with Crippen LogP contribution in [-0.2, 0) is 0 Å². The fraction of sp³-hybridized carbons (Fsp3) is 1.00. The van der Waals surface area contributed by atoms with Gasteiger partial charge in [0.2, 0.25) is 0 Å². The van der Waals surface area contributed by atoms with Gasteiger partial charge in [-0.2, -0.15) is 0 Å². The molecule has 2 fully saturated rings. The molecule has 0 aromatic carbocycles. The van der Waals surface area contributed by atoms with Gasteiger partial charge in [-0.05, 0) is 39.4 Å². The molecule has 0 aromatic rings. The predicted octanol–water partition coefficient (Wildman–Crippen LogP) is 0.442. The highest BCUT2D eigenvalue weighted by atomic mass is 15.2. The number of likely N-dealkylation sites (N-methyl/N-ethyl adjacent to an activating group) is 1. The number of hydrogen-bond donors (Lipinski definition) is 1. The first kappa shape index (κ1) is 6.62. The summed E-state index contributed by atoms with van der Waals surface area (Å²) >= 11 is 0. The van der Waals surface area contributed by atoms with Gasteiger partial charge in [0.15, 0.2) is 0 Å². The van der Waals surface area contributed by atoms with E-state index in [9.17, 15) is 0 Å². The van der Waals surface area contributed by atoms with Crippen molar-refractivity contribution in [2.45, 2.75) is 31.3 Å². The first-order valence-electron chi connectivity index (χ1n) is 4.31. The Morgan fingerprint density at radius 1 is 1.40 bits per heavy atom. The Morgan fingerprint density at radius 3 is 3.10 bits per heavy atom. The highest BCUT2D eigenvalue weighted by Crippen LogP contribution is 2.22. The minimum atomic E-state index is 0.818. The molecule has 0 saturated carbocycles. The van der Waals surface area contributed by atoms with Gasteiger partial charge >= 0.3 is 0 Å². The summed E-state index contributed by atoms with van der Waals surface area (Å²) in [5.41, 5.74) is 0. The second kappa shape index (κ2) is 2.51. The molecular formula is C8H16N2. The lowest BCUT2D eigenvalue weighted by Crippen LogP contribution is -2.46. The van der Waals surface area contributed by atoms with Crippen molar-refractivity contribution >= 4 is 0 Å². The van der Waals surface area contributed by atoms with E-state index in [0.29, 0.717) is 0 Å². The zero-order chi connectivity index (χ0) is 6.97. The van der Waals surface area contributed by atoms with Crippen LogP contribution in [0.15, 0.2) is 0 Å². The number of fused-ring (bicyclic) bond motifs is 1. The summed E-state index contributed by atoms with van der Waals surface area (Å²) in [5.74, 6) is 0. The topological polar surface area (TPSA) is 15.3 Å². The maximum atomic E-state index is 3.55. The molecule has 2 atom stereocenters. The smallest absolute Gasteiger partial charge is 0.0258 e. The van der Waals surface area contributed by atoms with Gasteiger partial charge in [-0.3, -0.25) is 0 Å². The number of rotatable bonds is 0. The van der Waals surface area contributed by atoms with Crippen molar-refractivity contribution in [3.63, 3.8) is 0 Å². The van der Waals surface area contributed by atoms with Gasteiger partial charge in [0.05, 0.1) is 0 Å². The van der Waals surface area contributed by atoms with Crippen LogP contribution in [0.25, 0.3) is 0 Å². The summed E-state index contributed by atoms with van der Waals surface area (Å²) in [7, 11) is 2.25. The molecule has 2 saturated heterocycles. The summed E-state index contributed by atoms with van der Waals surface area (Å²) in [6, 6.07) is 1.67. The number of likely N-dealkylation sites (tertiary alicyclic amines) is 1. The summed E-state index contributed by atoms with van der Waals surface area (Å²) in [6.45, 7) is 2.54. The van der Waals surface area contributed by atoms with Crippen LogP contribution in [-0.4, -0.2) is 37.1 Å². The van der Waals surface area contributed by atoms with Crippen molar-refractivity contribution in [3.05, 3.63) is 0 Å². The number of nitrogens with zero attached hydrogens (tertiary/aromatic N) is 1. The van der Waals surface area contributed by atoms with Gasteiger partial charge in [-0.25, -0.2) is 0 Å². The molecule has 0 aromatic heterocycles. The molecule has 0 amide bonds. The molecular weight excluding hydrogens is 124 g/mol. The van der Waals surface area contributed by atoms with Gasteiger partial charge in [0, 0.05) is 12.1 Å². The molecule has 0 spiro atoms. The summed E-state index contributed by atoms with van der Waals surface area (Å²) < 4.78 is 0. The van der Waals surface area contributed by atoms with Crippen molar-refractivity contribution in [3.8, 4) is 0 Å². The Kier molecular flexibility index (Phi) is 1.66. The predicted molar refractivity (Wildman–Crippen MR) is 42.1 cm³/mol. The lowest BCUT2D eigenvalue weighted by Gasteiger charge is -2.34. The first-order valence-corrected chi connectivity index (χ1v) is 4.31. The molecule has 0 aliphatic carbocycles. The Morgan fingerprint density at radius 2 is 2.30 bits per heavy atom. The highest BCUT2D eigenvalue weighted by molar-refractivity contribution is 4.92. The van der Waals surface area contributed by atoms with E-state index in [2.05, 4.69) is 17.3 Å². The number of piperidine rings is 1.